The van der Waals surface area contributed by atoms with E-state index in [0.717, 1.165) is 28.1 Å². The van der Waals surface area contributed by atoms with E-state index in [-0.39, 0.29) is 24.2 Å². The molecule has 3 aromatic rings. The molecule has 4 rings (SSSR count). The molecule has 186 valence electrons. The van der Waals surface area contributed by atoms with Gasteiger partial charge in [0, 0.05) is 51.1 Å². The van der Waals surface area contributed by atoms with Crippen molar-refractivity contribution in [2.24, 2.45) is 7.05 Å². The third-order valence-electron chi connectivity index (χ3n) is 5.83. The van der Waals surface area contributed by atoms with E-state index in [1.54, 1.807) is 17.1 Å². The van der Waals surface area contributed by atoms with E-state index in [1.165, 1.54) is 0 Å². The lowest BCUT2D eigenvalue weighted by molar-refractivity contribution is -0.157. The van der Waals surface area contributed by atoms with Crippen molar-refractivity contribution in [3.05, 3.63) is 54.0 Å². The molecule has 2 N–H and O–H groups in total. The molecule has 1 fully saturated rings. The number of benzene rings is 1. The minimum atomic E-state index is -0.194. The molecule has 0 saturated carbocycles. The number of aliphatic hydroxyl groups excluding tert-OH is 1. The monoisotopic (exact) mass is 478 g/mol. The summed E-state index contributed by atoms with van der Waals surface area (Å²) in [6.45, 7) is 7.44. The minimum Gasteiger partial charge on any atom is -0.396 e. The van der Waals surface area contributed by atoms with Crippen LogP contribution < -0.4 is 5.32 Å². The first-order valence-corrected chi connectivity index (χ1v) is 12.0. The molecule has 0 bridgehead atoms. The summed E-state index contributed by atoms with van der Waals surface area (Å²) in [5.74, 6) is 0.622. The van der Waals surface area contributed by atoms with Crippen molar-refractivity contribution in [3.8, 4) is 11.3 Å². The fraction of sp³-hybridized carbons (Fsp3) is 0.462. The molecule has 1 amide bonds. The Labute approximate surface area is 206 Å². The standard InChI is InChI=1S/C26H34N6O3/c1-26(2,3)35-22-16-32(17-22)24(34)8-7-18-5-6-20(13-19(18)10-12-33)23-9-11-27-25(30-23)29-21-14-28-31(4)15-21/h5-6,9,11,13-15,22,33H,7-8,10,12,16-17H2,1-4H3,(H,27,29,30). The van der Waals surface area contributed by atoms with Gasteiger partial charge in [0.05, 0.1) is 29.3 Å². The molecule has 1 aromatic carbocycles. The van der Waals surface area contributed by atoms with E-state index < -0.39 is 0 Å². The summed E-state index contributed by atoms with van der Waals surface area (Å²) in [6.07, 6.45) is 6.98. The van der Waals surface area contributed by atoms with Crippen LogP contribution in [0.25, 0.3) is 11.3 Å². The average Bonchev–Trinajstić information content (AvgIpc) is 3.19. The number of aliphatic hydroxyl groups is 1. The number of ether oxygens (including phenoxy) is 1. The maximum Gasteiger partial charge on any atom is 0.227 e. The SMILES string of the molecule is Cn1cc(Nc2nccc(-c3ccc(CCC(=O)N4CC(OC(C)(C)C)C4)c(CCO)c3)n2)cn1. The van der Waals surface area contributed by atoms with Crippen LogP contribution in [0.3, 0.4) is 0 Å². The van der Waals surface area contributed by atoms with Gasteiger partial charge in [-0.15, -0.1) is 0 Å². The third kappa shape index (κ3) is 6.64. The van der Waals surface area contributed by atoms with E-state index >= 15 is 0 Å². The Kier molecular flexibility index (Phi) is 7.47. The second-order valence-electron chi connectivity index (χ2n) is 9.90. The van der Waals surface area contributed by atoms with Crippen LogP contribution in [0.5, 0.6) is 0 Å². The summed E-state index contributed by atoms with van der Waals surface area (Å²) >= 11 is 0. The number of likely N-dealkylation sites (tertiary alicyclic amines) is 1. The van der Waals surface area contributed by atoms with Crippen LogP contribution in [-0.4, -0.2) is 67.1 Å². The van der Waals surface area contributed by atoms with Crippen LogP contribution in [0.4, 0.5) is 11.6 Å². The number of carbonyl (C=O) groups is 1. The highest BCUT2D eigenvalue weighted by molar-refractivity contribution is 5.77. The maximum atomic E-state index is 12.6. The van der Waals surface area contributed by atoms with Crippen molar-refractivity contribution in [1.82, 2.24) is 24.6 Å². The fourth-order valence-corrected chi connectivity index (χ4v) is 4.19. The van der Waals surface area contributed by atoms with Crippen LogP contribution in [0, 0.1) is 0 Å². The molecule has 0 unspecified atom stereocenters. The highest BCUT2D eigenvalue weighted by Gasteiger charge is 2.33. The van der Waals surface area contributed by atoms with Gasteiger partial charge in [0.1, 0.15) is 0 Å². The number of amides is 1. The number of rotatable bonds is 9. The van der Waals surface area contributed by atoms with Crippen molar-refractivity contribution in [1.29, 1.82) is 0 Å². The Morgan fingerprint density at radius 3 is 2.69 bits per heavy atom. The molecule has 2 aromatic heterocycles. The molecule has 9 nitrogen and oxygen atoms in total. The van der Waals surface area contributed by atoms with Crippen molar-refractivity contribution in [2.45, 2.75) is 51.7 Å². The van der Waals surface area contributed by atoms with Gasteiger partial charge < -0.3 is 20.1 Å². The van der Waals surface area contributed by atoms with E-state index in [4.69, 9.17) is 4.74 Å². The smallest absolute Gasteiger partial charge is 0.227 e. The first kappa shape index (κ1) is 24.8. The molecule has 9 heteroatoms. The Bertz CT molecular complexity index is 1160. The zero-order chi connectivity index (χ0) is 25.0. The van der Waals surface area contributed by atoms with E-state index in [0.29, 0.717) is 38.3 Å². The number of aromatic nitrogens is 4. The molecule has 0 radical (unpaired) electrons. The lowest BCUT2D eigenvalue weighted by Gasteiger charge is -2.42. The normalized spacial score (nSPS) is 14.1. The van der Waals surface area contributed by atoms with Crippen LogP contribution in [0.1, 0.15) is 38.3 Å². The van der Waals surface area contributed by atoms with E-state index in [2.05, 4.69) is 20.4 Å². The Morgan fingerprint density at radius 2 is 2.00 bits per heavy atom. The number of nitrogens with one attached hydrogen (secondary N) is 1. The zero-order valence-electron chi connectivity index (χ0n) is 20.9. The molecule has 1 aliphatic heterocycles. The van der Waals surface area contributed by atoms with Crippen molar-refractivity contribution in [3.63, 3.8) is 0 Å². The summed E-state index contributed by atoms with van der Waals surface area (Å²) in [5, 5.41) is 16.9. The van der Waals surface area contributed by atoms with Crippen molar-refractivity contribution >= 4 is 17.5 Å². The van der Waals surface area contributed by atoms with Gasteiger partial charge in [0.2, 0.25) is 11.9 Å². The summed E-state index contributed by atoms with van der Waals surface area (Å²) < 4.78 is 7.63. The number of carbonyl (C=O) groups excluding carboxylic acids is 1. The highest BCUT2D eigenvalue weighted by Crippen LogP contribution is 2.25. The molecule has 0 atom stereocenters. The van der Waals surface area contributed by atoms with Gasteiger partial charge in [-0.2, -0.15) is 5.10 Å². The van der Waals surface area contributed by atoms with E-state index in [9.17, 15) is 9.90 Å². The molecule has 3 heterocycles. The number of hydrogen-bond donors (Lipinski definition) is 2. The van der Waals surface area contributed by atoms with Crippen LogP contribution in [0.2, 0.25) is 0 Å². The summed E-state index contributed by atoms with van der Waals surface area (Å²) in [7, 11) is 1.85. The lowest BCUT2D eigenvalue weighted by atomic mass is 9.96. The van der Waals surface area contributed by atoms with Crippen molar-refractivity contribution in [2.75, 3.05) is 25.0 Å². The number of aryl methyl sites for hydroxylation is 2. The average molecular weight is 479 g/mol. The van der Waals surface area contributed by atoms with Gasteiger partial charge in [-0.25, -0.2) is 9.97 Å². The largest absolute Gasteiger partial charge is 0.396 e. The zero-order valence-corrected chi connectivity index (χ0v) is 20.9. The molecular formula is C26H34N6O3. The van der Waals surface area contributed by atoms with Crippen molar-refractivity contribution < 1.29 is 14.6 Å². The second kappa shape index (κ2) is 10.5. The topological polar surface area (TPSA) is 105 Å². The van der Waals surface area contributed by atoms with Crippen LogP contribution in [0.15, 0.2) is 42.9 Å². The number of nitrogens with zero attached hydrogens (tertiary/aromatic N) is 5. The second-order valence-corrected chi connectivity index (χ2v) is 9.90. The first-order chi connectivity index (χ1) is 16.7. The Balaban J connectivity index is 1.40. The van der Waals surface area contributed by atoms with Crippen LogP contribution in [-0.2, 0) is 29.4 Å². The molecule has 0 aliphatic carbocycles. The molecule has 1 aliphatic rings. The first-order valence-electron chi connectivity index (χ1n) is 12.0. The van der Waals surface area contributed by atoms with Gasteiger partial charge in [-0.3, -0.25) is 9.48 Å². The van der Waals surface area contributed by atoms with Crippen LogP contribution >= 0.6 is 0 Å². The summed E-state index contributed by atoms with van der Waals surface area (Å²) in [4.78, 5) is 23.4. The minimum absolute atomic E-state index is 0.0416. The quantitative estimate of drug-likeness (QED) is 0.487. The lowest BCUT2D eigenvalue weighted by Crippen LogP contribution is -2.56. The molecule has 1 saturated heterocycles. The predicted octanol–water partition coefficient (Wildman–Crippen LogP) is 3.11. The highest BCUT2D eigenvalue weighted by atomic mass is 16.5. The van der Waals surface area contributed by atoms with Gasteiger partial charge in [-0.05, 0) is 56.9 Å². The fourth-order valence-electron chi connectivity index (χ4n) is 4.19. The molecule has 35 heavy (non-hydrogen) atoms. The Morgan fingerprint density at radius 1 is 1.20 bits per heavy atom. The summed E-state index contributed by atoms with van der Waals surface area (Å²) in [5.41, 5.74) is 4.42. The maximum absolute atomic E-state index is 12.6. The third-order valence-corrected chi connectivity index (χ3v) is 5.83. The van der Waals surface area contributed by atoms with Gasteiger partial charge in [0.25, 0.3) is 0 Å². The summed E-state index contributed by atoms with van der Waals surface area (Å²) in [6, 6.07) is 7.94. The number of hydrogen-bond acceptors (Lipinski definition) is 7. The van der Waals surface area contributed by atoms with Gasteiger partial charge >= 0.3 is 0 Å². The van der Waals surface area contributed by atoms with E-state index in [1.807, 2.05) is 63.2 Å². The Hall–Kier alpha value is -3.30. The molecule has 0 spiro atoms. The predicted molar refractivity (Wildman–Crippen MR) is 134 cm³/mol. The number of anilines is 2. The molecular weight excluding hydrogens is 444 g/mol. The van der Waals surface area contributed by atoms with Gasteiger partial charge in [0.15, 0.2) is 0 Å². The van der Waals surface area contributed by atoms with Gasteiger partial charge in [-0.1, -0.05) is 12.1 Å².